The highest BCUT2D eigenvalue weighted by molar-refractivity contribution is 14.0. The molecule has 0 amide bonds. The molecule has 0 saturated heterocycles. The minimum Gasteiger partial charge on any atom is -0.495 e. The number of nitrogens with two attached hydrogens (primary N) is 1. The van der Waals surface area contributed by atoms with E-state index in [-0.39, 0.29) is 35.8 Å². The number of aliphatic imine (C=N–C) groups is 1. The van der Waals surface area contributed by atoms with Gasteiger partial charge in [-0.1, -0.05) is 12.1 Å². The molecule has 142 valence electrons. The summed E-state index contributed by atoms with van der Waals surface area (Å²) in [6, 6.07) is 13.4. The first-order valence-electron chi connectivity index (χ1n) is 8.06. The van der Waals surface area contributed by atoms with Gasteiger partial charge < -0.3 is 20.2 Å². The van der Waals surface area contributed by atoms with Crippen molar-refractivity contribution in [2.45, 2.75) is 6.42 Å². The van der Waals surface area contributed by atoms with E-state index in [9.17, 15) is 4.39 Å². The molecule has 0 spiro atoms. The van der Waals surface area contributed by atoms with Crippen LogP contribution in [0.4, 0.5) is 10.1 Å². The van der Waals surface area contributed by atoms with Gasteiger partial charge in [0.15, 0.2) is 5.96 Å². The molecule has 0 aliphatic rings. The number of oxazole rings is 1. The van der Waals surface area contributed by atoms with E-state index in [2.05, 4.69) is 15.3 Å². The Balaban J connectivity index is 0.00000261. The molecular weight excluding hydrogens is 462 g/mol. The van der Waals surface area contributed by atoms with Crippen molar-refractivity contribution in [1.82, 2.24) is 4.98 Å². The van der Waals surface area contributed by atoms with Crippen molar-refractivity contribution >= 4 is 35.6 Å². The number of para-hydroxylation sites is 2. The Kier molecular flexibility index (Phi) is 7.59. The summed E-state index contributed by atoms with van der Waals surface area (Å²) >= 11 is 0. The maximum atomic E-state index is 13.0. The van der Waals surface area contributed by atoms with Gasteiger partial charge in [-0.3, -0.25) is 4.99 Å². The van der Waals surface area contributed by atoms with Gasteiger partial charge in [0.25, 0.3) is 0 Å². The van der Waals surface area contributed by atoms with Crippen molar-refractivity contribution in [3.05, 3.63) is 66.3 Å². The second kappa shape index (κ2) is 9.91. The third kappa shape index (κ3) is 5.68. The van der Waals surface area contributed by atoms with Crippen LogP contribution in [0.1, 0.15) is 5.69 Å². The van der Waals surface area contributed by atoms with Crippen LogP contribution in [0.5, 0.6) is 5.75 Å². The smallest absolute Gasteiger partial charge is 0.226 e. The molecule has 1 aromatic heterocycles. The molecule has 2 aromatic carbocycles. The Hall–Kier alpha value is -2.62. The minimum absolute atomic E-state index is 0. The summed E-state index contributed by atoms with van der Waals surface area (Å²) in [6.07, 6.45) is 2.14. The van der Waals surface area contributed by atoms with E-state index < -0.39 is 0 Å². The average Bonchev–Trinajstić information content (AvgIpc) is 3.11. The van der Waals surface area contributed by atoms with Gasteiger partial charge in [0.1, 0.15) is 17.8 Å². The number of methoxy groups -OCH3 is 1. The van der Waals surface area contributed by atoms with Crippen molar-refractivity contribution in [2.24, 2.45) is 10.7 Å². The molecule has 3 N–H and O–H groups in total. The summed E-state index contributed by atoms with van der Waals surface area (Å²) in [5.41, 5.74) is 8.12. The predicted molar refractivity (Wildman–Crippen MR) is 114 cm³/mol. The molecule has 3 aromatic rings. The number of nitrogens with one attached hydrogen (secondary N) is 1. The standard InChI is InChI=1S/C19H19FN4O2.HI/c1-25-17-5-3-2-4-16(17)24-19(21)22-11-10-15-12-26-18(23-15)13-6-8-14(20)9-7-13;/h2-9,12H,10-11H2,1H3,(H3,21,22,24);1H. The molecule has 27 heavy (non-hydrogen) atoms. The Morgan fingerprint density at radius 3 is 2.70 bits per heavy atom. The molecule has 0 bridgehead atoms. The van der Waals surface area contributed by atoms with Crippen molar-refractivity contribution in [1.29, 1.82) is 0 Å². The van der Waals surface area contributed by atoms with Crippen LogP contribution in [0, 0.1) is 5.82 Å². The fraction of sp³-hybridized carbons (Fsp3) is 0.158. The van der Waals surface area contributed by atoms with Gasteiger partial charge in [0.2, 0.25) is 5.89 Å². The van der Waals surface area contributed by atoms with Crippen molar-refractivity contribution < 1.29 is 13.5 Å². The number of anilines is 1. The SMILES string of the molecule is COc1ccccc1NC(N)=NCCc1coc(-c2ccc(F)cc2)n1.I. The van der Waals surface area contributed by atoms with E-state index in [0.717, 1.165) is 16.9 Å². The number of guanidine groups is 1. The molecule has 8 heteroatoms. The van der Waals surface area contributed by atoms with Crippen LogP contribution in [0.15, 0.2) is 64.2 Å². The molecule has 0 unspecified atom stereocenters. The number of hydrogen-bond acceptors (Lipinski definition) is 4. The number of halogens is 2. The average molecular weight is 482 g/mol. The molecule has 0 aliphatic heterocycles. The second-order valence-electron chi connectivity index (χ2n) is 5.49. The maximum absolute atomic E-state index is 13.0. The van der Waals surface area contributed by atoms with Crippen LogP contribution in [-0.2, 0) is 6.42 Å². The number of ether oxygens (including phenoxy) is 1. The first kappa shape index (κ1) is 20.7. The van der Waals surface area contributed by atoms with Crippen molar-refractivity contribution in [3.8, 4) is 17.2 Å². The molecule has 0 saturated carbocycles. The number of hydrogen-bond donors (Lipinski definition) is 2. The minimum atomic E-state index is -0.298. The summed E-state index contributed by atoms with van der Waals surface area (Å²) < 4.78 is 23.6. The summed E-state index contributed by atoms with van der Waals surface area (Å²) in [5.74, 6) is 1.12. The Morgan fingerprint density at radius 2 is 1.96 bits per heavy atom. The Labute approximate surface area is 173 Å². The van der Waals surface area contributed by atoms with E-state index in [1.54, 1.807) is 25.5 Å². The van der Waals surface area contributed by atoms with E-state index in [1.807, 2.05) is 24.3 Å². The first-order chi connectivity index (χ1) is 12.7. The molecule has 0 radical (unpaired) electrons. The van der Waals surface area contributed by atoms with Crippen LogP contribution < -0.4 is 15.8 Å². The van der Waals surface area contributed by atoms with E-state index in [1.165, 1.54) is 12.1 Å². The number of nitrogens with zero attached hydrogens (tertiary/aromatic N) is 2. The quantitative estimate of drug-likeness (QED) is 0.314. The van der Waals surface area contributed by atoms with Crippen LogP contribution in [0.2, 0.25) is 0 Å². The number of aromatic nitrogens is 1. The Morgan fingerprint density at radius 1 is 1.22 bits per heavy atom. The van der Waals surface area contributed by atoms with Crippen molar-refractivity contribution in [3.63, 3.8) is 0 Å². The van der Waals surface area contributed by atoms with Gasteiger partial charge in [-0.15, -0.1) is 24.0 Å². The zero-order valence-corrected chi connectivity index (χ0v) is 17.0. The summed E-state index contributed by atoms with van der Waals surface area (Å²) in [4.78, 5) is 8.66. The lowest BCUT2D eigenvalue weighted by atomic mass is 10.2. The highest BCUT2D eigenvalue weighted by Crippen LogP contribution is 2.22. The fourth-order valence-corrected chi connectivity index (χ4v) is 2.36. The Bertz CT molecular complexity index is 897. The largest absolute Gasteiger partial charge is 0.495 e. The summed E-state index contributed by atoms with van der Waals surface area (Å²) in [5, 5.41) is 3.01. The van der Waals surface area contributed by atoms with E-state index in [4.69, 9.17) is 14.9 Å². The third-order valence-corrected chi connectivity index (χ3v) is 3.66. The molecular formula is C19H20FIN4O2. The van der Waals surface area contributed by atoms with E-state index >= 15 is 0 Å². The van der Waals surface area contributed by atoms with Gasteiger partial charge in [0.05, 0.1) is 18.5 Å². The highest BCUT2D eigenvalue weighted by atomic mass is 127. The van der Waals surface area contributed by atoms with E-state index in [0.29, 0.717) is 24.6 Å². The van der Waals surface area contributed by atoms with Gasteiger partial charge in [0, 0.05) is 18.5 Å². The van der Waals surface area contributed by atoms with Gasteiger partial charge in [-0.2, -0.15) is 0 Å². The molecule has 6 nitrogen and oxygen atoms in total. The number of benzene rings is 2. The third-order valence-electron chi connectivity index (χ3n) is 3.66. The van der Waals surface area contributed by atoms with Crippen molar-refractivity contribution in [2.75, 3.05) is 19.0 Å². The molecule has 3 rings (SSSR count). The second-order valence-corrected chi connectivity index (χ2v) is 5.49. The molecule has 1 heterocycles. The lowest BCUT2D eigenvalue weighted by Gasteiger charge is -2.09. The lowest BCUT2D eigenvalue weighted by molar-refractivity contribution is 0.417. The van der Waals surface area contributed by atoms with Crippen LogP contribution in [-0.4, -0.2) is 24.6 Å². The lowest BCUT2D eigenvalue weighted by Crippen LogP contribution is -2.23. The topological polar surface area (TPSA) is 85.7 Å². The van der Waals surface area contributed by atoms with Crippen LogP contribution in [0.3, 0.4) is 0 Å². The molecule has 0 fully saturated rings. The van der Waals surface area contributed by atoms with Gasteiger partial charge in [-0.05, 0) is 36.4 Å². The zero-order chi connectivity index (χ0) is 18.4. The number of rotatable bonds is 6. The zero-order valence-electron chi connectivity index (χ0n) is 14.7. The first-order valence-corrected chi connectivity index (χ1v) is 8.06. The predicted octanol–water partition coefficient (Wildman–Crippen LogP) is 4.08. The van der Waals surface area contributed by atoms with Crippen LogP contribution in [0.25, 0.3) is 11.5 Å². The fourth-order valence-electron chi connectivity index (χ4n) is 2.36. The normalized spacial score (nSPS) is 11.0. The van der Waals surface area contributed by atoms with Crippen LogP contribution >= 0.6 is 24.0 Å². The maximum Gasteiger partial charge on any atom is 0.226 e. The monoisotopic (exact) mass is 482 g/mol. The summed E-state index contributed by atoms with van der Waals surface area (Å²) in [6.45, 7) is 0.448. The van der Waals surface area contributed by atoms with Gasteiger partial charge in [-0.25, -0.2) is 9.37 Å². The molecule has 0 atom stereocenters. The molecule has 0 aliphatic carbocycles. The summed E-state index contributed by atoms with van der Waals surface area (Å²) in [7, 11) is 1.59. The highest BCUT2D eigenvalue weighted by Gasteiger charge is 2.07. The van der Waals surface area contributed by atoms with Gasteiger partial charge >= 0.3 is 0 Å².